The molecule has 2 aromatic heterocycles. The molecule has 102 valence electrons. The zero-order valence-corrected chi connectivity index (χ0v) is 10.9. The van der Waals surface area contributed by atoms with E-state index in [1.165, 1.54) is 9.08 Å². The molecule has 0 amide bonds. The zero-order valence-electron chi connectivity index (χ0n) is 10.9. The Balaban J connectivity index is 1.99. The lowest BCUT2D eigenvalue weighted by Crippen LogP contribution is -2.21. The monoisotopic (exact) mass is 271 g/mol. The molecule has 20 heavy (non-hydrogen) atoms. The molecule has 7 nitrogen and oxygen atoms in total. The molecule has 0 bridgehead atoms. The average molecular weight is 271 g/mol. The van der Waals surface area contributed by atoms with Crippen LogP contribution in [0.15, 0.2) is 41.6 Å². The first-order valence-corrected chi connectivity index (χ1v) is 6.00. The second kappa shape index (κ2) is 4.69. The quantitative estimate of drug-likeness (QED) is 0.702. The number of fused-ring (bicyclic) bond motifs is 1. The summed E-state index contributed by atoms with van der Waals surface area (Å²) in [5.74, 6) is 0.611. The van der Waals surface area contributed by atoms with Gasteiger partial charge in [0.15, 0.2) is 5.65 Å². The smallest absolute Gasteiger partial charge is 0.350 e. The van der Waals surface area contributed by atoms with E-state index in [1.807, 2.05) is 6.07 Å². The zero-order chi connectivity index (χ0) is 14.1. The predicted molar refractivity (Wildman–Crippen MR) is 73.8 cm³/mol. The molecule has 0 aliphatic carbocycles. The fourth-order valence-electron chi connectivity index (χ4n) is 2.04. The molecule has 0 spiro atoms. The van der Waals surface area contributed by atoms with Gasteiger partial charge >= 0.3 is 5.69 Å². The molecule has 0 saturated carbocycles. The van der Waals surface area contributed by atoms with Crippen molar-refractivity contribution in [3.63, 3.8) is 0 Å². The minimum atomic E-state index is -0.211. The van der Waals surface area contributed by atoms with Crippen LogP contribution in [0.25, 0.3) is 5.65 Å². The Morgan fingerprint density at radius 2 is 2.25 bits per heavy atom. The molecule has 7 heteroatoms. The first-order valence-electron chi connectivity index (χ1n) is 6.00. The maximum Gasteiger partial charge on any atom is 0.350 e. The van der Waals surface area contributed by atoms with Gasteiger partial charge in [-0.3, -0.25) is 4.98 Å². The van der Waals surface area contributed by atoms with Crippen LogP contribution in [0.3, 0.4) is 0 Å². The number of hydrogen-bond acceptors (Lipinski definition) is 5. The molecule has 0 fully saturated rings. The van der Waals surface area contributed by atoms with Gasteiger partial charge in [0.25, 0.3) is 0 Å². The largest absolute Gasteiger partial charge is 0.495 e. The summed E-state index contributed by atoms with van der Waals surface area (Å²) in [4.78, 5) is 16.1. The molecule has 0 atom stereocenters. The van der Waals surface area contributed by atoms with Crippen molar-refractivity contribution in [1.29, 1.82) is 0 Å². The Hall–Kier alpha value is -2.83. The minimum absolute atomic E-state index is 0.211. The number of aromatic nitrogens is 4. The van der Waals surface area contributed by atoms with Gasteiger partial charge in [0.1, 0.15) is 5.75 Å². The van der Waals surface area contributed by atoms with Crippen LogP contribution in [0.2, 0.25) is 0 Å². The summed E-state index contributed by atoms with van der Waals surface area (Å²) >= 11 is 0. The van der Waals surface area contributed by atoms with E-state index in [4.69, 9.17) is 10.5 Å². The Labute approximate surface area is 114 Å². The van der Waals surface area contributed by atoms with Crippen LogP contribution in [-0.4, -0.2) is 26.3 Å². The molecule has 1 aromatic carbocycles. The highest BCUT2D eigenvalue weighted by Crippen LogP contribution is 2.21. The highest BCUT2D eigenvalue weighted by atomic mass is 16.5. The van der Waals surface area contributed by atoms with Gasteiger partial charge in [-0.1, -0.05) is 6.07 Å². The maximum atomic E-state index is 12.1. The van der Waals surface area contributed by atoms with E-state index in [0.717, 1.165) is 5.56 Å². The van der Waals surface area contributed by atoms with E-state index in [2.05, 4.69) is 10.1 Å². The number of hydrogen-bond donors (Lipinski definition) is 1. The molecule has 0 aliphatic heterocycles. The number of nitrogen functional groups attached to an aromatic ring is 1. The highest BCUT2D eigenvalue weighted by Gasteiger charge is 2.08. The van der Waals surface area contributed by atoms with Crippen molar-refractivity contribution >= 4 is 11.3 Å². The van der Waals surface area contributed by atoms with Crippen LogP contribution in [0, 0.1) is 0 Å². The number of nitrogens with two attached hydrogens (primary N) is 1. The standard InChI is InChI=1S/C13H13N5O2/c1-20-11-3-2-9(6-10(11)14)8-18-13(19)17-5-4-15-7-12(17)16-18/h2-7H,8,14H2,1H3. The summed E-state index contributed by atoms with van der Waals surface area (Å²) in [5, 5.41) is 4.21. The van der Waals surface area contributed by atoms with Crippen LogP contribution < -0.4 is 16.2 Å². The normalized spacial score (nSPS) is 10.8. The van der Waals surface area contributed by atoms with Crippen LogP contribution in [-0.2, 0) is 6.54 Å². The topological polar surface area (TPSA) is 87.4 Å². The molecular formula is C13H13N5O2. The number of ether oxygens (including phenoxy) is 1. The fraction of sp³-hybridized carbons (Fsp3) is 0.154. The molecule has 2 heterocycles. The SMILES string of the molecule is COc1ccc(Cn2nc3cnccn3c2=O)cc1N. The molecule has 0 radical (unpaired) electrons. The third-order valence-corrected chi connectivity index (χ3v) is 3.02. The molecule has 0 unspecified atom stereocenters. The van der Waals surface area contributed by atoms with E-state index in [0.29, 0.717) is 23.6 Å². The Morgan fingerprint density at radius 1 is 1.40 bits per heavy atom. The summed E-state index contributed by atoms with van der Waals surface area (Å²) in [7, 11) is 1.56. The van der Waals surface area contributed by atoms with E-state index in [9.17, 15) is 4.79 Å². The van der Waals surface area contributed by atoms with Crippen molar-refractivity contribution in [1.82, 2.24) is 19.2 Å². The van der Waals surface area contributed by atoms with E-state index >= 15 is 0 Å². The minimum Gasteiger partial charge on any atom is -0.495 e. The van der Waals surface area contributed by atoms with Gasteiger partial charge in [-0.2, -0.15) is 0 Å². The van der Waals surface area contributed by atoms with Crippen LogP contribution >= 0.6 is 0 Å². The predicted octanol–water partition coefficient (Wildman–Crippen LogP) is 0.530. The third-order valence-electron chi connectivity index (χ3n) is 3.02. The van der Waals surface area contributed by atoms with Gasteiger partial charge < -0.3 is 10.5 Å². The Kier molecular flexibility index (Phi) is 2.86. The number of benzene rings is 1. The maximum absolute atomic E-state index is 12.1. The van der Waals surface area contributed by atoms with Gasteiger partial charge in [-0.15, -0.1) is 5.10 Å². The molecule has 0 saturated heterocycles. The Bertz CT molecular complexity index is 821. The lowest BCUT2D eigenvalue weighted by molar-refractivity contribution is 0.417. The molecule has 0 aliphatic rings. The molecule has 3 aromatic rings. The van der Waals surface area contributed by atoms with Crippen LogP contribution in [0.1, 0.15) is 5.56 Å². The molecule has 3 rings (SSSR count). The molecular weight excluding hydrogens is 258 g/mol. The van der Waals surface area contributed by atoms with Gasteiger partial charge in [-0.25, -0.2) is 13.9 Å². The number of rotatable bonds is 3. The van der Waals surface area contributed by atoms with Crippen molar-refractivity contribution in [3.8, 4) is 5.75 Å². The fourth-order valence-corrected chi connectivity index (χ4v) is 2.04. The van der Waals surface area contributed by atoms with Crippen LogP contribution in [0.4, 0.5) is 5.69 Å². The Morgan fingerprint density at radius 3 is 2.95 bits per heavy atom. The highest BCUT2D eigenvalue weighted by molar-refractivity contribution is 5.54. The number of anilines is 1. The summed E-state index contributed by atoms with van der Waals surface area (Å²) in [6.07, 6.45) is 4.68. The van der Waals surface area contributed by atoms with Gasteiger partial charge in [0.05, 0.1) is 25.5 Å². The van der Waals surface area contributed by atoms with Gasteiger partial charge in [0, 0.05) is 12.4 Å². The second-order valence-electron chi connectivity index (χ2n) is 4.32. The second-order valence-corrected chi connectivity index (χ2v) is 4.32. The third kappa shape index (κ3) is 1.99. The van der Waals surface area contributed by atoms with Gasteiger partial charge in [0.2, 0.25) is 0 Å². The lowest BCUT2D eigenvalue weighted by Gasteiger charge is -2.06. The van der Waals surface area contributed by atoms with Crippen molar-refractivity contribution in [2.45, 2.75) is 6.54 Å². The lowest BCUT2D eigenvalue weighted by atomic mass is 10.2. The van der Waals surface area contributed by atoms with E-state index < -0.39 is 0 Å². The van der Waals surface area contributed by atoms with E-state index in [1.54, 1.807) is 37.8 Å². The molecule has 2 N–H and O–H groups in total. The van der Waals surface area contributed by atoms with E-state index in [-0.39, 0.29) is 5.69 Å². The first-order chi connectivity index (χ1) is 9.69. The number of nitrogens with zero attached hydrogens (tertiary/aromatic N) is 4. The summed E-state index contributed by atoms with van der Waals surface area (Å²) in [6, 6.07) is 5.39. The van der Waals surface area contributed by atoms with Crippen LogP contribution in [0.5, 0.6) is 5.75 Å². The summed E-state index contributed by atoms with van der Waals surface area (Å²) < 4.78 is 7.92. The van der Waals surface area contributed by atoms with Crippen molar-refractivity contribution in [2.24, 2.45) is 0 Å². The number of methoxy groups -OCH3 is 1. The average Bonchev–Trinajstić information content (AvgIpc) is 2.76. The summed E-state index contributed by atoms with van der Waals surface area (Å²) in [5.41, 5.74) is 7.56. The van der Waals surface area contributed by atoms with Crippen molar-refractivity contribution < 1.29 is 4.74 Å². The van der Waals surface area contributed by atoms with Crippen molar-refractivity contribution in [2.75, 3.05) is 12.8 Å². The van der Waals surface area contributed by atoms with Crippen molar-refractivity contribution in [3.05, 3.63) is 52.8 Å². The summed E-state index contributed by atoms with van der Waals surface area (Å²) in [6.45, 7) is 0.342. The first kappa shape index (κ1) is 12.2. The van der Waals surface area contributed by atoms with Gasteiger partial charge in [-0.05, 0) is 17.7 Å².